The Morgan fingerprint density at radius 3 is 2.56 bits per heavy atom. The van der Waals surface area contributed by atoms with E-state index in [0.717, 1.165) is 11.4 Å². The van der Waals surface area contributed by atoms with Crippen LogP contribution in [0.2, 0.25) is 0 Å². The minimum atomic E-state index is -0.286. The van der Waals surface area contributed by atoms with Crippen molar-refractivity contribution in [3.05, 3.63) is 35.9 Å². The van der Waals surface area contributed by atoms with Crippen molar-refractivity contribution in [2.75, 3.05) is 17.2 Å². The molecule has 3 heteroatoms. The van der Waals surface area contributed by atoms with Gasteiger partial charge in [0, 0.05) is 29.8 Å². The highest BCUT2D eigenvalue weighted by molar-refractivity contribution is 6.06. The summed E-state index contributed by atoms with van der Waals surface area (Å²) in [6.45, 7) is 4.36. The van der Waals surface area contributed by atoms with Crippen molar-refractivity contribution >= 4 is 22.1 Å². The van der Waals surface area contributed by atoms with Crippen LogP contribution in [0.3, 0.4) is 0 Å². The molecular formula is C15H18N2O. The Morgan fingerprint density at radius 2 is 1.83 bits per heavy atom. The zero-order valence-corrected chi connectivity index (χ0v) is 10.7. The molecule has 0 aliphatic carbocycles. The van der Waals surface area contributed by atoms with Crippen LogP contribution in [0.15, 0.2) is 30.3 Å². The zero-order valence-electron chi connectivity index (χ0n) is 10.7. The maximum absolute atomic E-state index is 9.19. The highest BCUT2D eigenvalue weighted by atomic mass is 16.3. The Morgan fingerprint density at radius 1 is 1.11 bits per heavy atom. The molecule has 2 aromatic carbocycles. The van der Waals surface area contributed by atoms with Gasteiger partial charge in [-0.2, -0.15) is 0 Å². The predicted molar refractivity (Wildman–Crippen MR) is 76.0 cm³/mol. The van der Waals surface area contributed by atoms with Crippen molar-refractivity contribution in [1.82, 2.24) is 0 Å². The SMILES string of the molecule is Cc1ccc2c3c(cccc13)NC(C)(CCO)N2. The minimum absolute atomic E-state index is 0.160. The molecule has 0 bridgehead atoms. The second-order valence-electron chi connectivity index (χ2n) is 5.21. The van der Waals surface area contributed by atoms with Crippen molar-refractivity contribution in [2.24, 2.45) is 0 Å². The fraction of sp³-hybridized carbons (Fsp3) is 0.333. The van der Waals surface area contributed by atoms with Gasteiger partial charge in [0.1, 0.15) is 5.66 Å². The summed E-state index contributed by atoms with van der Waals surface area (Å²) < 4.78 is 0. The van der Waals surface area contributed by atoms with E-state index in [1.165, 1.54) is 16.3 Å². The number of hydrogen-bond acceptors (Lipinski definition) is 3. The van der Waals surface area contributed by atoms with Gasteiger partial charge >= 0.3 is 0 Å². The average Bonchev–Trinajstić information content (AvgIpc) is 2.33. The summed E-state index contributed by atoms with van der Waals surface area (Å²) in [6, 6.07) is 10.6. The van der Waals surface area contributed by atoms with E-state index in [-0.39, 0.29) is 12.3 Å². The van der Waals surface area contributed by atoms with Crippen molar-refractivity contribution in [3.63, 3.8) is 0 Å². The molecule has 1 unspecified atom stereocenters. The van der Waals surface area contributed by atoms with Crippen molar-refractivity contribution in [3.8, 4) is 0 Å². The quantitative estimate of drug-likeness (QED) is 0.758. The number of aliphatic hydroxyl groups is 1. The van der Waals surface area contributed by atoms with Crippen LogP contribution in [0.1, 0.15) is 18.9 Å². The zero-order chi connectivity index (χ0) is 12.8. The first-order valence-corrected chi connectivity index (χ1v) is 6.32. The van der Waals surface area contributed by atoms with Crippen LogP contribution in [0.5, 0.6) is 0 Å². The molecule has 0 amide bonds. The molecule has 3 rings (SSSR count). The van der Waals surface area contributed by atoms with Gasteiger partial charge in [-0.05, 0) is 36.9 Å². The third kappa shape index (κ3) is 1.63. The standard InChI is InChI=1S/C15H18N2O/c1-10-6-7-13-14-11(10)4-3-5-12(14)16-15(2,17-13)8-9-18/h3-7,16-18H,8-9H2,1-2H3. The Bertz CT molecular complexity index is 594. The first-order chi connectivity index (χ1) is 8.63. The topological polar surface area (TPSA) is 44.3 Å². The van der Waals surface area contributed by atoms with Gasteiger partial charge in [0.2, 0.25) is 0 Å². The normalized spacial score (nSPS) is 21.5. The Kier molecular flexibility index (Phi) is 2.45. The fourth-order valence-electron chi connectivity index (χ4n) is 2.74. The Labute approximate surface area is 107 Å². The highest BCUT2D eigenvalue weighted by Crippen LogP contribution is 2.39. The van der Waals surface area contributed by atoms with Gasteiger partial charge in [-0.25, -0.2) is 0 Å². The van der Waals surface area contributed by atoms with Crippen molar-refractivity contribution in [2.45, 2.75) is 25.9 Å². The molecule has 1 aliphatic heterocycles. The van der Waals surface area contributed by atoms with Crippen LogP contribution in [0.25, 0.3) is 10.8 Å². The summed E-state index contributed by atoms with van der Waals surface area (Å²) in [5.74, 6) is 0. The van der Waals surface area contributed by atoms with Crippen LogP contribution in [-0.4, -0.2) is 17.4 Å². The lowest BCUT2D eigenvalue weighted by molar-refractivity contribution is 0.263. The predicted octanol–water partition coefficient (Wildman–Crippen LogP) is 3.08. The van der Waals surface area contributed by atoms with E-state index in [0.29, 0.717) is 6.42 Å². The number of benzene rings is 2. The third-order valence-electron chi connectivity index (χ3n) is 3.69. The van der Waals surface area contributed by atoms with Crippen LogP contribution in [0, 0.1) is 6.92 Å². The maximum Gasteiger partial charge on any atom is 0.107 e. The monoisotopic (exact) mass is 242 g/mol. The lowest BCUT2D eigenvalue weighted by Gasteiger charge is -2.38. The molecule has 1 aliphatic rings. The van der Waals surface area contributed by atoms with E-state index in [1.807, 2.05) is 0 Å². The van der Waals surface area contributed by atoms with E-state index < -0.39 is 0 Å². The van der Waals surface area contributed by atoms with Crippen LogP contribution in [0.4, 0.5) is 11.4 Å². The van der Waals surface area contributed by atoms with Crippen LogP contribution in [-0.2, 0) is 0 Å². The molecule has 18 heavy (non-hydrogen) atoms. The molecule has 3 N–H and O–H groups in total. The van der Waals surface area contributed by atoms with Gasteiger partial charge in [0.15, 0.2) is 0 Å². The summed E-state index contributed by atoms with van der Waals surface area (Å²) in [7, 11) is 0. The molecule has 0 saturated heterocycles. The Balaban J connectivity index is 2.20. The van der Waals surface area contributed by atoms with E-state index in [9.17, 15) is 5.11 Å². The molecule has 1 heterocycles. The average molecular weight is 242 g/mol. The van der Waals surface area contributed by atoms with Gasteiger partial charge < -0.3 is 15.7 Å². The molecule has 0 saturated carbocycles. The van der Waals surface area contributed by atoms with Gasteiger partial charge in [-0.3, -0.25) is 0 Å². The van der Waals surface area contributed by atoms with Crippen LogP contribution >= 0.6 is 0 Å². The van der Waals surface area contributed by atoms with Gasteiger partial charge in [0.25, 0.3) is 0 Å². The van der Waals surface area contributed by atoms with Crippen molar-refractivity contribution in [1.29, 1.82) is 0 Å². The first-order valence-electron chi connectivity index (χ1n) is 6.32. The Hall–Kier alpha value is -1.74. The smallest absolute Gasteiger partial charge is 0.107 e. The lowest BCUT2D eigenvalue weighted by Crippen LogP contribution is -2.45. The third-order valence-corrected chi connectivity index (χ3v) is 3.69. The summed E-state index contributed by atoms with van der Waals surface area (Å²) in [6.07, 6.45) is 0.663. The molecule has 0 aromatic heterocycles. The largest absolute Gasteiger partial charge is 0.396 e. The molecule has 94 valence electrons. The highest BCUT2D eigenvalue weighted by Gasteiger charge is 2.29. The van der Waals surface area contributed by atoms with E-state index in [2.05, 4.69) is 54.8 Å². The number of hydrogen-bond donors (Lipinski definition) is 3. The summed E-state index contributed by atoms with van der Waals surface area (Å²) >= 11 is 0. The molecule has 3 nitrogen and oxygen atoms in total. The molecule has 2 aromatic rings. The first kappa shape index (κ1) is 11.4. The van der Waals surface area contributed by atoms with E-state index in [1.54, 1.807) is 0 Å². The van der Waals surface area contributed by atoms with E-state index >= 15 is 0 Å². The maximum atomic E-state index is 9.19. The minimum Gasteiger partial charge on any atom is -0.396 e. The second-order valence-corrected chi connectivity index (χ2v) is 5.21. The summed E-state index contributed by atoms with van der Waals surface area (Å²) in [5, 5.41) is 18.7. The van der Waals surface area contributed by atoms with Gasteiger partial charge in [-0.1, -0.05) is 18.2 Å². The summed E-state index contributed by atoms with van der Waals surface area (Å²) in [4.78, 5) is 0. The van der Waals surface area contributed by atoms with Crippen LogP contribution < -0.4 is 10.6 Å². The fourth-order valence-corrected chi connectivity index (χ4v) is 2.74. The van der Waals surface area contributed by atoms with Crippen molar-refractivity contribution < 1.29 is 5.11 Å². The molecule has 0 fully saturated rings. The molecule has 0 radical (unpaired) electrons. The second kappa shape index (κ2) is 3.89. The number of aryl methyl sites for hydroxylation is 1. The summed E-state index contributed by atoms with van der Waals surface area (Å²) in [5.41, 5.74) is 3.28. The number of nitrogens with one attached hydrogen (secondary N) is 2. The molecule has 0 spiro atoms. The molecular weight excluding hydrogens is 224 g/mol. The van der Waals surface area contributed by atoms with Gasteiger partial charge in [-0.15, -0.1) is 0 Å². The molecule has 1 atom stereocenters. The number of aliphatic hydroxyl groups excluding tert-OH is 1. The number of rotatable bonds is 2. The number of anilines is 2. The van der Waals surface area contributed by atoms with Gasteiger partial charge in [0.05, 0.1) is 0 Å². The lowest BCUT2D eigenvalue weighted by atomic mass is 9.96. The van der Waals surface area contributed by atoms with E-state index in [4.69, 9.17) is 0 Å².